The van der Waals surface area contributed by atoms with Gasteiger partial charge in [0, 0.05) is 0 Å². The second kappa shape index (κ2) is 13.9. The molecule has 0 radical (unpaired) electrons. The summed E-state index contributed by atoms with van der Waals surface area (Å²) in [5, 5.41) is 0. The summed E-state index contributed by atoms with van der Waals surface area (Å²) in [5.74, 6) is 0. The molecule has 0 aromatic carbocycles. The van der Waals surface area contributed by atoms with E-state index in [-0.39, 0.29) is 36.2 Å². The first-order valence-electron chi connectivity index (χ1n) is 4.39. The Kier molecular flexibility index (Phi) is 20.1. The molecule has 0 heterocycles. The van der Waals surface area contributed by atoms with Crippen LogP contribution in [0.25, 0.3) is 0 Å². The summed E-state index contributed by atoms with van der Waals surface area (Å²) in [6.45, 7) is 7.14. The van der Waals surface area contributed by atoms with Crippen LogP contribution in [0.3, 0.4) is 0 Å². The summed E-state index contributed by atoms with van der Waals surface area (Å²) in [6.07, 6.45) is 3.76. The van der Waals surface area contributed by atoms with E-state index in [0.717, 1.165) is 19.3 Å². The predicted octanol–water partition coefficient (Wildman–Crippen LogP) is -0.770. The molecular formula is C8H19NaO4S. The number of hydrogen-bond donors (Lipinski definition) is 1. The van der Waals surface area contributed by atoms with E-state index in [2.05, 4.69) is 18.0 Å². The molecule has 0 saturated carbocycles. The Morgan fingerprint density at radius 3 is 2.07 bits per heavy atom. The van der Waals surface area contributed by atoms with Crippen LogP contribution < -0.4 is 29.6 Å². The van der Waals surface area contributed by atoms with Gasteiger partial charge in [0.2, 0.25) is 0 Å². The first-order valence-corrected chi connectivity index (χ1v) is 5.75. The van der Waals surface area contributed by atoms with E-state index in [1.165, 1.54) is 0 Å². The summed E-state index contributed by atoms with van der Waals surface area (Å²) >= 11 is 0. The first kappa shape index (κ1) is 20.3. The first-order chi connectivity index (χ1) is 6.06. The summed E-state index contributed by atoms with van der Waals surface area (Å²) in [7, 11) is -4.21. The Labute approximate surface area is 110 Å². The van der Waals surface area contributed by atoms with Crippen LogP contribution in [0.15, 0.2) is 0 Å². The topological polar surface area (TPSA) is 63.6 Å². The molecule has 6 heteroatoms. The molecular weight excluding hydrogens is 215 g/mol. The third-order valence-electron chi connectivity index (χ3n) is 1.23. The Bertz CT molecular complexity index is 180. The zero-order chi connectivity index (χ0) is 10.7. The number of hydrogen-bond acceptors (Lipinski definition) is 3. The van der Waals surface area contributed by atoms with Gasteiger partial charge in [0.15, 0.2) is 0 Å². The molecule has 1 N–H and O–H groups in total. The second-order valence-corrected chi connectivity index (χ2v) is 3.40. The molecule has 4 nitrogen and oxygen atoms in total. The summed E-state index contributed by atoms with van der Waals surface area (Å²) < 4.78 is 32.2. The van der Waals surface area contributed by atoms with Crippen LogP contribution in [0.2, 0.25) is 0 Å². The van der Waals surface area contributed by atoms with Gasteiger partial charge >= 0.3 is 40.0 Å². The van der Waals surface area contributed by atoms with E-state index in [9.17, 15) is 8.42 Å². The maximum absolute atomic E-state index is 10.00. The molecule has 0 aromatic heterocycles. The van der Waals surface area contributed by atoms with Gasteiger partial charge < -0.3 is 6.92 Å². The van der Waals surface area contributed by atoms with E-state index < -0.39 is 10.4 Å². The Hall–Kier alpha value is 0.870. The van der Waals surface area contributed by atoms with Crippen molar-refractivity contribution in [1.29, 1.82) is 0 Å². The quantitative estimate of drug-likeness (QED) is 0.284. The van der Waals surface area contributed by atoms with E-state index in [0.29, 0.717) is 6.42 Å². The van der Waals surface area contributed by atoms with Crippen LogP contribution in [0.1, 0.15) is 39.5 Å². The van der Waals surface area contributed by atoms with Crippen molar-refractivity contribution < 1.29 is 46.7 Å². The van der Waals surface area contributed by atoms with Crippen molar-refractivity contribution in [1.82, 2.24) is 0 Å². The van der Waals surface area contributed by atoms with E-state index in [1.54, 1.807) is 6.92 Å². The van der Waals surface area contributed by atoms with E-state index >= 15 is 0 Å². The zero-order valence-corrected chi connectivity index (χ0v) is 12.1. The number of unbranched alkanes of at least 4 members (excludes halogenated alkanes) is 3. The van der Waals surface area contributed by atoms with Crippen molar-refractivity contribution in [3.63, 3.8) is 0 Å². The van der Waals surface area contributed by atoms with Gasteiger partial charge in [-0.25, -0.2) is 4.18 Å². The summed E-state index contributed by atoms with van der Waals surface area (Å²) in [5.41, 5.74) is 0. The van der Waals surface area contributed by atoms with Crippen LogP contribution in [0.5, 0.6) is 0 Å². The van der Waals surface area contributed by atoms with Crippen molar-refractivity contribution in [3.8, 4) is 0 Å². The van der Waals surface area contributed by atoms with E-state index in [1.807, 2.05) is 0 Å². The SMILES string of the molecule is CCCCCCOS(=O)(=O)O.[CH2-]C.[Na+]. The predicted molar refractivity (Wildman–Crippen MR) is 52.7 cm³/mol. The minimum Gasteiger partial charge on any atom is -0.346 e. The van der Waals surface area contributed by atoms with Gasteiger partial charge in [-0.15, -0.1) is 0 Å². The second-order valence-electron chi connectivity index (χ2n) is 2.31. The Morgan fingerprint density at radius 2 is 1.71 bits per heavy atom. The van der Waals surface area contributed by atoms with Gasteiger partial charge in [0.1, 0.15) is 0 Å². The van der Waals surface area contributed by atoms with Gasteiger partial charge in [-0.3, -0.25) is 4.55 Å². The average Bonchev–Trinajstić information content (AvgIpc) is 2.06. The molecule has 0 aliphatic carbocycles. The van der Waals surface area contributed by atoms with Crippen LogP contribution in [0.4, 0.5) is 0 Å². The maximum Gasteiger partial charge on any atom is 1.00 e. The maximum atomic E-state index is 10.00. The van der Waals surface area contributed by atoms with Crippen molar-refractivity contribution in [3.05, 3.63) is 6.92 Å². The van der Waals surface area contributed by atoms with Gasteiger partial charge in [0.25, 0.3) is 0 Å². The van der Waals surface area contributed by atoms with Gasteiger partial charge in [0.05, 0.1) is 6.61 Å². The molecule has 0 aliphatic rings. The van der Waals surface area contributed by atoms with Gasteiger partial charge in [-0.2, -0.15) is 15.3 Å². The molecule has 0 rings (SSSR count). The molecule has 0 amide bonds. The largest absolute Gasteiger partial charge is 1.00 e. The number of rotatable bonds is 6. The molecule has 0 aliphatic heterocycles. The molecule has 0 fully saturated rings. The van der Waals surface area contributed by atoms with Gasteiger partial charge in [-0.1, -0.05) is 26.2 Å². The van der Waals surface area contributed by atoms with Crippen LogP contribution in [-0.4, -0.2) is 19.6 Å². The molecule has 0 aromatic rings. The van der Waals surface area contributed by atoms with Crippen molar-refractivity contribution in [2.24, 2.45) is 0 Å². The zero-order valence-electron chi connectivity index (χ0n) is 9.32. The monoisotopic (exact) mass is 234 g/mol. The van der Waals surface area contributed by atoms with Crippen molar-refractivity contribution in [2.45, 2.75) is 39.5 Å². The molecule has 14 heavy (non-hydrogen) atoms. The molecule has 0 bridgehead atoms. The third-order valence-corrected chi connectivity index (χ3v) is 1.69. The fourth-order valence-corrected chi connectivity index (χ4v) is 1.02. The van der Waals surface area contributed by atoms with Crippen molar-refractivity contribution >= 4 is 10.4 Å². The van der Waals surface area contributed by atoms with Crippen LogP contribution >= 0.6 is 0 Å². The summed E-state index contributed by atoms with van der Waals surface area (Å²) in [6, 6.07) is 0. The Morgan fingerprint density at radius 1 is 1.21 bits per heavy atom. The molecule has 0 unspecified atom stereocenters. The van der Waals surface area contributed by atoms with Crippen LogP contribution in [-0.2, 0) is 14.6 Å². The molecule has 0 saturated heterocycles. The smallest absolute Gasteiger partial charge is 0.346 e. The molecule has 0 spiro atoms. The fourth-order valence-electron chi connectivity index (χ4n) is 0.693. The summed E-state index contributed by atoms with van der Waals surface area (Å²) in [4.78, 5) is 0. The third kappa shape index (κ3) is 23.0. The molecule has 82 valence electrons. The standard InChI is InChI=1S/C6H14O4S.C2H5.Na/c1-2-3-4-5-6-10-11(7,8)9;1-2;/h2-6H2,1H3,(H,7,8,9);1H2,2H3;/q;-1;+1. The fraction of sp³-hybridized carbons (Fsp3) is 0.875. The molecule has 0 atom stereocenters. The minimum atomic E-state index is -4.21. The average molecular weight is 234 g/mol. The van der Waals surface area contributed by atoms with E-state index in [4.69, 9.17) is 4.55 Å². The normalized spacial score (nSPS) is 9.71. The van der Waals surface area contributed by atoms with Crippen LogP contribution in [0, 0.1) is 6.92 Å². The minimum absolute atomic E-state index is 0. The van der Waals surface area contributed by atoms with Crippen molar-refractivity contribution in [2.75, 3.05) is 6.61 Å². The van der Waals surface area contributed by atoms with Gasteiger partial charge in [-0.05, 0) is 6.42 Å². The Balaban J connectivity index is -0.000000376.